The van der Waals surface area contributed by atoms with Gasteiger partial charge in [0, 0.05) is 19.2 Å². The van der Waals surface area contributed by atoms with E-state index in [1.807, 2.05) is 6.08 Å². The van der Waals surface area contributed by atoms with Crippen molar-refractivity contribution >= 4 is 5.91 Å². The molecule has 1 atom stereocenters. The van der Waals surface area contributed by atoms with E-state index in [0.717, 1.165) is 25.9 Å². The predicted molar refractivity (Wildman–Crippen MR) is 66.4 cm³/mol. The van der Waals surface area contributed by atoms with Crippen molar-refractivity contribution in [3.63, 3.8) is 0 Å². The average Bonchev–Trinajstić information content (AvgIpc) is 2.42. The lowest BCUT2D eigenvalue weighted by Crippen LogP contribution is -2.56. The van der Waals surface area contributed by atoms with Crippen LogP contribution >= 0.6 is 0 Å². The van der Waals surface area contributed by atoms with E-state index in [0.29, 0.717) is 25.7 Å². The van der Waals surface area contributed by atoms with Crippen LogP contribution in [0.25, 0.3) is 0 Å². The summed E-state index contributed by atoms with van der Waals surface area (Å²) in [5.41, 5.74) is 5.42. The number of ether oxygens (including phenoxy) is 2. The van der Waals surface area contributed by atoms with Crippen molar-refractivity contribution in [1.29, 1.82) is 0 Å². The van der Waals surface area contributed by atoms with Gasteiger partial charge in [0.2, 0.25) is 5.88 Å². The number of carbonyl (C=O) groups is 1. The number of unbranched alkanes of at least 4 members (excludes halogenated alkanes) is 1. The zero-order chi connectivity index (χ0) is 12.8. The van der Waals surface area contributed by atoms with Gasteiger partial charge in [0.15, 0.2) is 0 Å². The first kappa shape index (κ1) is 13.2. The SMILES string of the molecule is CCCCOC1=CC(N2CCOCC2)C(=O)NN1. The molecule has 0 aromatic rings. The zero-order valence-electron chi connectivity index (χ0n) is 10.8. The van der Waals surface area contributed by atoms with Crippen LogP contribution in [0.4, 0.5) is 0 Å². The molecule has 2 aliphatic rings. The molecule has 2 aliphatic heterocycles. The number of hydrogen-bond donors (Lipinski definition) is 2. The molecule has 0 bridgehead atoms. The number of rotatable bonds is 5. The molecule has 1 unspecified atom stereocenters. The summed E-state index contributed by atoms with van der Waals surface area (Å²) in [4.78, 5) is 13.9. The van der Waals surface area contributed by atoms with E-state index in [9.17, 15) is 4.79 Å². The van der Waals surface area contributed by atoms with E-state index in [4.69, 9.17) is 9.47 Å². The normalized spacial score (nSPS) is 25.1. The van der Waals surface area contributed by atoms with Gasteiger partial charge in [-0.1, -0.05) is 13.3 Å². The molecular formula is C12H21N3O3. The average molecular weight is 255 g/mol. The Bertz CT molecular complexity index is 314. The zero-order valence-corrected chi connectivity index (χ0v) is 10.8. The second-order valence-corrected chi connectivity index (χ2v) is 4.44. The highest BCUT2D eigenvalue weighted by atomic mass is 16.5. The summed E-state index contributed by atoms with van der Waals surface area (Å²) in [6, 6.07) is -0.258. The molecule has 0 aromatic heterocycles. The fourth-order valence-corrected chi connectivity index (χ4v) is 2.00. The van der Waals surface area contributed by atoms with E-state index in [2.05, 4.69) is 22.7 Å². The van der Waals surface area contributed by atoms with Gasteiger partial charge in [-0.15, -0.1) is 0 Å². The molecule has 2 heterocycles. The van der Waals surface area contributed by atoms with Gasteiger partial charge in [-0.2, -0.15) is 0 Å². The monoisotopic (exact) mass is 255 g/mol. The van der Waals surface area contributed by atoms with E-state index >= 15 is 0 Å². The summed E-state index contributed by atoms with van der Waals surface area (Å²) < 4.78 is 10.9. The molecule has 0 aliphatic carbocycles. The molecule has 6 nitrogen and oxygen atoms in total. The summed E-state index contributed by atoms with van der Waals surface area (Å²) in [5.74, 6) is 0.597. The quantitative estimate of drug-likeness (QED) is 0.676. The standard InChI is InChI=1S/C12H21N3O3/c1-2-3-6-18-11-9-10(12(16)14-13-11)15-4-7-17-8-5-15/h9-10,13H,2-8H2,1H3,(H,14,16). The van der Waals surface area contributed by atoms with Gasteiger partial charge in [0.05, 0.1) is 19.8 Å². The van der Waals surface area contributed by atoms with Crippen molar-refractivity contribution in [2.24, 2.45) is 0 Å². The Balaban J connectivity index is 1.93. The molecule has 2 N–H and O–H groups in total. The highest BCUT2D eigenvalue weighted by Gasteiger charge is 2.29. The van der Waals surface area contributed by atoms with E-state index in [1.54, 1.807) is 0 Å². The number of nitrogens with one attached hydrogen (secondary N) is 2. The summed E-state index contributed by atoms with van der Waals surface area (Å²) in [5, 5.41) is 0. The van der Waals surface area contributed by atoms with Crippen molar-refractivity contribution in [2.45, 2.75) is 25.8 Å². The molecular weight excluding hydrogens is 234 g/mol. The molecule has 1 saturated heterocycles. The second kappa shape index (κ2) is 6.61. The highest BCUT2D eigenvalue weighted by molar-refractivity contribution is 5.84. The van der Waals surface area contributed by atoms with Crippen LogP contribution in [0.5, 0.6) is 0 Å². The third-order valence-corrected chi connectivity index (χ3v) is 3.08. The first-order chi connectivity index (χ1) is 8.81. The second-order valence-electron chi connectivity index (χ2n) is 4.44. The van der Waals surface area contributed by atoms with Crippen molar-refractivity contribution in [1.82, 2.24) is 15.8 Å². The number of morpholine rings is 1. The first-order valence-electron chi connectivity index (χ1n) is 6.53. The van der Waals surface area contributed by atoms with Crippen LogP contribution in [0.2, 0.25) is 0 Å². The minimum Gasteiger partial charge on any atom is -0.478 e. The molecule has 0 radical (unpaired) electrons. The summed E-state index contributed by atoms with van der Waals surface area (Å²) in [6.45, 7) is 5.69. The molecule has 0 spiro atoms. The molecule has 18 heavy (non-hydrogen) atoms. The summed E-state index contributed by atoms with van der Waals surface area (Å²) in [6.07, 6.45) is 3.95. The van der Waals surface area contributed by atoms with E-state index in [1.165, 1.54) is 0 Å². The van der Waals surface area contributed by atoms with Crippen LogP contribution in [0.1, 0.15) is 19.8 Å². The van der Waals surface area contributed by atoms with Gasteiger partial charge in [0.1, 0.15) is 6.04 Å². The lowest BCUT2D eigenvalue weighted by Gasteiger charge is -2.34. The van der Waals surface area contributed by atoms with Crippen molar-refractivity contribution in [3.8, 4) is 0 Å². The van der Waals surface area contributed by atoms with Gasteiger partial charge >= 0.3 is 0 Å². The van der Waals surface area contributed by atoms with Gasteiger partial charge in [-0.3, -0.25) is 20.5 Å². The number of nitrogens with zero attached hydrogens (tertiary/aromatic N) is 1. The number of hydrogen-bond acceptors (Lipinski definition) is 5. The van der Waals surface area contributed by atoms with Crippen LogP contribution < -0.4 is 10.9 Å². The largest absolute Gasteiger partial charge is 0.478 e. The molecule has 0 saturated carbocycles. The number of amides is 1. The maximum atomic E-state index is 11.8. The Morgan fingerprint density at radius 2 is 2.22 bits per heavy atom. The van der Waals surface area contributed by atoms with Crippen LogP contribution in [0.3, 0.4) is 0 Å². The van der Waals surface area contributed by atoms with Crippen LogP contribution in [-0.2, 0) is 14.3 Å². The maximum absolute atomic E-state index is 11.8. The lowest BCUT2D eigenvalue weighted by atomic mass is 10.2. The Morgan fingerprint density at radius 3 is 2.94 bits per heavy atom. The molecule has 1 amide bonds. The molecule has 1 fully saturated rings. The highest BCUT2D eigenvalue weighted by Crippen LogP contribution is 2.11. The summed E-state index contributed by atoms with van der Waals surface area (Å²) >= 11 is 0. The predicted octanol–water partition coefficient (Wildman–Crippen LogP) is -0.0203. The number of carbonyl (C=O) groups excluding carboxylic acids is 1. The van der Waals surface area contributed by atoms with E-state index < -0.39 is 0 Å². The van der Waals surface area contributed by atoms with Crippen LogP contribution in [0.15, 0.2) is 12.0 Å². The van der Waals surface area contributed by atoms with Crippen LogP contribution in [-0.4, -0.2) is 49.8 Å². The van der Waals surface area contributed by atoms with Gasteiger partial charge in [0.25, 0.3) is 5.91 Å². The molecule has 0 aromatic carbocycles. The topological polar surface area (TPSA) is 62.8 Å². The third kappa shape index (κ3) is 3.36. The third-order valence-electron chi connectivity index (χ3n) is 3.08. The Hall–Kier alpha value is -1.27. The fraction of sp³-hybridized carbons (Fsp3) is 0.750. The van der Waals surface area contributed by atoms with Gasteiger partial charge < -0.3 is 9.47 Å². The van der Waals surface area contributed by atoms with E-state index in [-0.39, 0.29) is 11.9 Å². The van der Waals surface area contributed by atoms with Gasteiger partial charge in [-0.05, 0) is 6.42 Å². The van der Waals surface area contributed by atoms with Gasteiger partial charge in [-0.25, -0.2) is 0 Å². The fourth-order valence-electron chi connectivity index (χ4n) is 2.00. The molecule has 102 valence electrons. The Morgan fingerprint density at radius 1 is 1.44 bits per heavy atom. The van der Waals surface area contributed by atoms with Crippen molar-refractivity contribution in [3.05, 3.63) is 12.0 Å². The molecule has 2 rings (SSSR count). The Kier molecular flexibility index (Phi) is 4.83. The minimum absolute atomic E-state index is 0.0419. The maximum Gasteiger partial charge on any atom is 0.259 e. The Labute approximate surface area is 107 Å². The summed E-state index contributed by atoms with van der Waals surface area (Å²) in [7, 11) is 0. The first-order valence-corrected chi connectivity index (χ1v) is 6.53. The lowest BCUT2D eigenvalue weighted by molar-refractivity contribution is -0.128. The van der Waals surface area contributed by atoms with Crippen molar-refractivity contribution < 1.29 is 14.3 Å². The number of hydrazine groups is 1. The smallest absolute Gasteiger partial charge is 0.259 e. The van der Waals surface area contributed by atoms with Crippen LogP contribution in [0, 0.1) is 0 Å². The van der Waals surface area contributed by atoms with Crippen molar-refractivity contribution in [2.75, 3.05) is 32.9 Å². The molecule has 6 heteroatoms. The minimum atomic E-state index is -0.258.